The lowest BCUT2D eigenvalue weighted by Crippen LogP contribution is -2.40. The predicted molar refractivity (Wildman–Crippen MR) is 138 cm³/mol. The van der Waals surface area contributed by atoms with E-state index in [0.717, 1.165) is 37.7 Å². The molecule has 38 heavy (non-hydrogen) atoms. The monoisotopic (exact) mass is 529 g/mol. The Morgan fingerprint density at radius 1 is 1.08 bits per heavy atom. The summed E-state index contributed by atoms with van der Waals surface area (Å²) in [7, 11) is 1.66. The number of nitriles is 1. The van der Waals surface area contributed by atoms with Gasteiger partial charge in [0.15, 0.2) is 0 Å². The van der Waals surface area contributed by atoms with Gasteiger partial charge in [0.1, 0.15) is 17.4 Å². The van der Waals surface area contributed by atoms with Crippen LogP contribution in [0.4, 0.5) is 24.8 Å². The van der Waals surface area contributed by atoms with Crippen molar-refractivity contribution in [3.8, 4) is 6.07 Å². The fraction of sp³-hybridized carbons (Fsp3) is 0.571. The summed E-state index contributed by atoms with van der Waals surface area (Å²) in [5.74, 6) is -0.327. The number of methoxy groups -OCH3 is 1. The average molecular weight is 530 g/mol. The molecule has 1 aromatic heterocycles. The number of hydrogen-bond donors (Lipinski definition) is 0. The summed E-state index contributed by atoms with van der Waals surface area (Å²) in [6.07, 6.45) is 0.287. The molecular weight excluding hydrogens is 495 g/mol. The summed E-state index contributed by atoms with van der Waals surface area (Å²) in [5, 5.41) is 8.92. The van der Waals surface area contributed by atoms with Gasteiger partial charge in [0.05, 0.1) is 11.6 Å². The highest BCUT2D eigenvalue weighted by Crippen LogP contribution is 2.33. The van der Waals surface area contributed by atoms with Crippen molar-refractivity contribution in [3.63, 3.8) is 0 Å². The second kappa shape index (κ2) is 12.6. The van der Waals surface area contributed by atoms with Gasteiger partial charge in [-0.1, -0.05) is 12.1 Å². The van der Waals surface area contributed by atoms with E-state index in [9.17, 15) is 18.0 Å². The number of alkyl halides is 3. The Hall–Kier alpha value is -3.19. The standard InChI is InChI=1S/C28H34F3N5O2/c1-38-19-22-11-14-35(15-12-22)25-16-26(34-27(33-25)28(29,30)31)36-13-3-5-23(18-36)24(37)6-2-4-20-7-9-21(17-32)10-8-20/h7-10,16,22-23H,2-6,11-15,18-19H2,1H3/t23-/m1/s1. The maximum atomic E-state index is 13.7. The fourth-order valence-electron chi connectivity index (χ4n) is 5.30. The van der Waals surface area contributed by atoms with E-state index in [1.54, 1.807) is 25.3 Å². The van der Waals surface area contributed by atoms with Gasteiger partial charge < -0.3 is 14.5 Å². The van der Waals surface area contributed by atoms with Crippen LogP contribution in [0.1, 0.15) is 55.5 Å². The maximum Gasteiger partial charge on any atom is 0.451 e. The molecule has 0 spiro atoms. The second-order valence-electron chi connectivity index (χ2n) is 10.2. The first-order valence-corrected chi connectivity index (χ1v) is 13.2. The van der Waals surface area contributed by atoms with Crippen LogP contribution in [-0.4, -0.2) is 55.6 Å². The highest BCUT2D eigenvalue weighted by molar-refractivity contribution is 5.81. The van der Waals surface area contributed by atoms with Gasteiger partial charge in [-0.2, -0.15) is 18.4 Å². The van der Waals surface area contributed by atoms with Crippen LogP contribution in [0.15, 0.2) is 30.3 Å². The van der Waals surface area contributed by atoms with Crippen molar-refractivity contribution in [2.24, 2.45) is 11.8 Å². The number of benzene rings is 1. The minimum Gasteiger partial charge on any atom is -0.384 e. The first-order chi connectivity index (χ1) is 18.3. The lowest BCUT2D eigenvalue weighted by atomic mass is 9.90. The van der Waals surface area contributed by atoms with Crippen LogP contribution in [0.2, 0.25) is 0 Å². The molecule has 2 fully saturated rings. The Bertz CT molecular complexity index is 1120. The summed E-state index contributed by atoms with van der Waals surface area (Å²) >= 11 is 0. The number of aromatic nitrogens is 2. The summed E-state index contributed by atoms with van der Waals surface area (Å²) in [6.45, 7) is 2.79. The topological polar surface area (TPSA) is 82.4 Å². The highest BCUT2D eigenvalue weighted by atomic mass is 19.4. The largest absolute Gasteiger partial charge is 0.451 e. The number of carbonyl (C=O) groups is 1. The van der Waals surface area contributed by atoms with Crippen molar-refractivity contribution in [1.29, 1.82) is 5.26 Å². The quantitative estimate of drug-likeness (QED) is 0.450. The van der Waals surface area contributed by atoms with Gasteiger partial charge >= 0.3 is 6.18 Å². The Labute approximate surface area is 221 Å². The molecule has 0 radical (unpaired) electrons. The molecule has 10 heteroatoms. The van der Waals surface area contributed by atoms with Gasteiger partial charge in [-0.25, -0.2) is 9.97 Å². The molecule has 0 bridgehead atoms. The lowest BCUT2D eigenvalue weighted by Gasteiger charge is -2.35. The highest BCUT2D eigenvalue weighted by Gasteiger charge is 2.37. The first kappa shape index (κ1) is 27.8. The van der Waals surface area contributed by atoms with Crippen LogP contribution in [-0.2, 0) is 22.1 Å². The minimum absolute atomic E-state index is 0.133. The van der Waals surface area contributed by atoms with Crippen molar-refractivity contribution in [2.75, 3.05) is 49.7 Å². The summed E-state index contributed by atoms with van der Waals surface area (Å²) < 4.78 is 46.4. The van der Waals surface area contributed by atoms with Crippen LogP contribution in [0.25, 0.3) is 0 Å². The molecule has 2 aliphatic heterocycles. The summed E-state index contributed by atoms with van der Waals surface area (Å²) in [5.41, 5.74) is 1.67. The predicted octanol–water partition coefficient (Wildman–Crippen LogP) is 5.04. The number of carbonyl (C=O) groups excluding carboxylic acids is 1. The molecule has 7 nitrogen and oxygen atoms in total. The molecule has 2 saturated heterocycles. The SMILES string of the molecule is COCC1CCN(c2cc(N3CCC[C@@H](C(=O)CCCc4ccc(C#N)cc4)C3)nc(C(F)(F)F)n2)CC1. The van der Waals surface area contributed by atoms with Gasteiger partial charge in [-0.05, 0) is 62.1 Å². The molecule has 0 unspecified atom stereocenters. The summed E-state index contributed by atoms with van der Waals surface area (Å²) in [4.78, 5) is 24.5. The number of halogens is 3. The number of rotatable bonds is 9. The van der Waals surface area contributed by atoms with E-state index in [2.05, 4.69) is 16.0 Å². The van der Waals surface area contributed by atoms with Crippen molar-refractivity contribution >= 4 is 17.4 Å². The van der Waals surface area contributed by atoms with Crippen molar-refractivity contribution in [1.82, 2.24) is 9.97 Å². The van der Waals surface area contributed by atoms with Crippen molar-refractivity contribution in [3.05, 3.63) is 47.3 Å². The van der Waals surface area contributed by atoms with Crippen LogP contribution in [0.5, 0.6) is 0 Å². The van der Waals surface area contributed by atoms with Gasteiger partial charge in [-0.3, -0.25) is 4.79 Å². The molecule has 0 N–H and O–H groups in total. The van der Waals surface area contributed by atoms with Crippen LogP contribution >= 0.6 is 0 Å². The maximum absolute atomic E-state index is 13.7. The smallest absolute Gasteiger partial charge is 0.384 e. The number of anilines is 2. The fourth-order valence-corrected chi connectivity index (χ4v) is 5.30. The second-order valence-corrected chi connectivity index (χ2v) is 10.2. The van der Waals surface area contributed by atoms with Gasteiger partial charge in [0.2, 0.25) is 5.82 Å². The third-order valence-corrected chi connectivity index (χ3v) is 7.47. The first-order valence-electron chi connectivity index (χ1n) is 13.2. The van der Waals surface area contributed by atoms with Crippen LogP contribution in [0, 0.1) is 23.2 Å². The molecular formula is C28H34F3N5O2. The lowest BCUT2D eigenvalue weighted by molar-refractivity contribution is -0.144. The molecule has 1 atom stereocenters. The van der Waals surface area contributed by atoms with Gasteiger partial charge in [-0.15, -0.1) is 0 Å². The number of ketones is 1. The summed E-state index contributed by atoms with van der Waals surface area (Å²) in [6, 6.07) is 11.1. The van der Waals surface area contributed by atoms with Crippen LogP contribution in [0.3, 0.4) is 0 Å². The molecule has 0 amide bonds. The third-order valence-electron chi connectivity index (χ3n) is 7.47. The molecule has 3 heterocycles. The van der Waals surface area contributed by atoms with E-state index in [1.807, 2.05) is 21.9 Å². The van der Waals surface area contributed by atoms with E-state index in [4.69, 9.17) is 10.00 Å². The minimum atomic E-state index is -4.66. The molecule has 1 aromatic carbocycles. The Kier molecular flexibility index (Phi) is 9.21. The van der Waals surface area contributed by atoms with Crippen LogP contribution < -0.4 is 9.80 Å². The zero-order chi connectivity index (χ0) is 27.1. The Balaban J connectivity index is 1.41. The average Bonchev–Trinajstić information content (AvgIpc) is 2.93. The van der Waals surface area contributed by atoms with E-state index < -0.39 is 12.0 Å². The zero-order valence-corrected chi connectivity index (χ0v) is 21.7. The van der Waals surface area contributed by atoms with E-state index in [1.165, 1.54) is 0 Å². The number of ether oxygens (including phenoxy) is 1. The molecule has 204 valence electrons. The molecule has 0 aliphatic carbocycles. The Morgan fingerprint density at radius 2 is 1.76 bits per heavy atom. The van der Waals surface area contributed by atoms with E-state index in [0.29, 0.717) is 57.1 Å². The number of nitrogens with zero attached hydrogens (tertiary/aromatic N) is 5. The van der Waals surface area contributed by atoms with Gasteiger partial charge in [0.25, 0.3) is 0 Å². The number of piperidine rings is 2. The van der Waals surface area contributed by atoms with Crippen molar-refractivity contribution < 1.29 is 22.7 Å². The molecule has 0 saturated carbocycles. The van der Waals surface area contributed by atoms with Gasteiger partial charge in [0, 0.05) is 58.3 Å². The molecule has 2 aliphatic rings. The normalized spacial score (nSPS) is 18.9. The van der Waals surface area contributed by atoms with E-state index >= 15 is 0 Å². The molecule has 2 aromatic rings. The number of Topliss-reactive ketones (excluding diaryl/α,β-unsaturated/α-hetero) is 1. The Morgan fingerprint density at radius 3 is 2.39 bits per heavy atom. The van der Waals surface area contributed by atoms with Crippen molar-refractivity contribution in [2.45, 2.75) is 51.1 Å². The third kappa shape index (κ3) is 7.22. The van der Waals surface area contributed by atoms with E-state index in [-0.39, 0.29) is 23.3 Å². The number of aryl methyl sites for hydroxylation is 1. The number of hydrogen-bond acceptors (Lipinski definition) is 7. The zero-order valence-electron chi connectivity index (χ0n) is 21.7. The molecule has 4 rings (SSSR count).